The highest BCUT2D eigenvalue weighted by Crippen LogP contribution is 2.15. The summed E-state index contributed by atoms with van der Waals surface area (Å²) in [7, 11) is 0. The van der Waals surface area contributed by atoms with Gasteiger partial charge in [-0.15, -0.1) is 0 Å². The maximum Gasteiger partial charge on any atom is 0.338 e. The van der Waals surface area contributed by atoms with E-state index in [1.807, 2.05) is 0 Å². The lowest BCUT2D eigenvalue weighted by Crippen LogP contribution is -2.16. The zero-order valence-electron chi connectivity index (χ0n) is 13.7. The first-order chi connectivity index (χ1) is 12.0. The number of benzene rings is 2. The van der Waals surface area contributed by atoms with E-state index in [0.29, 0.717) is 16.8 Å². The van der Waals surface area contributed by atoms with Gasteiger partial charge in [0.15, 0.2) is 0 Å². The van der Waals surface area contributed by atoms with Gasteiger partial charge >= 0.3 is 5.97 Å². The van der Waals surface area contributed by atoms with E-state index in [9.17, 15) is 14.4 Å². The van der Waals surface area contributed by atoms with E-state index in [-0.39, 0.29) is 12.2 Å². The monoisotopic (exact) mass is 338 g/mol. The molecule has 6 nitrogen and oxygen atoms in total. The lowest BCUT2D eigenvalue weighted by Gasteiger charge is -2.07. The number of amides is 2. The third kappa shape index (κ3) is 4.78. The number of para-hydroxylation sites is 1. The summed E-state index contributed by atoms with van der Waals surface area (Å²) in [4.78, 5) is 35.4. The molecule has 0 radical (unpaired) electrons. The van der Waals surface area contributed by atoms with Crippen LogP contribution in [0.3, 0.4) is 0 Å². The molecule has 0 saturated heterocycles. The van der Waals surface area contributed by atoms with Crippen molar-refractivity contribution in [2.75, 3.05) is 11.9 Å². The van der Waals surface area contributed by atoms with Crippen LogP contribution in [0.1, 0.15) is 33.2 Å². The van der Waals surface area contributed by atoms with Crippen molar-refractivity contribution in [2.45, 2.75) is 6.92 Å². The second kappa shape index (κ2) is 8.44. The molecule has 0 aliphatic heterocycles. The molecule has 0 bridgehead atoms. The highest BCUT2D eigenvalue weighted by Gasteiger charge is 2.11. The molecule has 0 atom stereocenters. The number of nitrogens with one attached hydrogen (secondary N) is 1. The van der Waals surface area contributed by atoms with Crippen molar-refractivity contribution in [1.29, 1.82) is 0 Å². The summed E-state index contributed by atoms with van der Waals surface area (Å²) in [6.45, 7) is 1.99. The summed E-state index contributed by atoms with van der Waals surface area (Å²) in [5, 5.41) is 2.59. The molecular weight excluding hydrogens is 320 g/mol. The number of esters is 1. The van der Waals surface area contributed by atoms with Gasteiger partial charge in [-0.2, -0.15) is 0 Å². The number of hydrogen-bond donors (Lipinski definition) is 2. The van der Waals surface area contributed by atoms with Gasteiger partial charge in [0.2, 0.25) is 5.91 Å². The van der Waals surface area contributed by atoms with E-state index in [4.69, 9.17) is 10.5 Å². The largest absolute Gasteiger partial charge is 0.462 e. The highest BCUT2D eigenvalue weighted by molar-refractivity contribution is 6.07. The molecule has 0 aliphatic rings. The van der Waals surface area contributed by atoms with Crippen molar-refractivity contribution < 1.29 is 19.1 Å². The zero-order chi connectivity index (χ0) is 18.2. The minimum atomic E-state index is -0.632. The third-order valence-corrected chi connectivity index (χ3v) is 3.32. The van der Waals surface area contributed by atoms with Gasteiger partial charge in [0.25, 0.3) is 5.91 Å². The van der Waals surface area contributed by atoms with Crippen LogP contribution in [0.4, 0.5) is 5.69 Å². The van der Waals surface area contributed by atoms with Crippen LogP contribution in [0, 0.1) is 0 Å². The summed E-state index contributed by atoms with van der Waals surface area (Å²) >= 11 is 0. The summed E-state index contributed by atoms with van der Waals surface area (Å²) in [5.41, 5.74) is 6.74. The minimum absolute atomic E-state index is 0.219. The van der Waals surface area contributed by atoms with Gasteiger partial charge in [0.1, 0.15) is 0 Å². The molecule has 0 unspecified atom stereocenters. The fraction of sp³-hybridized carbons (Fsp3) is 0.105. The fourth-order valence-corrected chi connectivity index (χ4v) is 2.18. The smallest absolute Gasteiger partial charge is 0.338 e. The van der Waals surface area contributed by atoms with E-state index >= 15 is 0 Å². The zero-order valence-corrected chi connectivity index (χ0v) is 13.7. The van der Waals surface area contributed by atoms with E-state index in [1.54, 1.807) is 49.4 Å². The predicted molar refractivity (Wildman–Crippen MR) is 95.0 cm³/mol. The quantitative estimate of drug-likeness (QED) is 0.625. The number of primary amides is 1. The highest BCUT2D eigenvalue weighted by atomic mass is 16.5. The standard InChI is InChI=1S/C19H18N2O4/c1-2-25-19(24)14-8-4-3-7-13(14)11-12-17(22)21-16-10-6-5-9-15(16)18(20)23/h3-12H,2H2,1H3,(H2,20,23)(H,21,22)/b12-11+. The third-order valence-electron chi connectivity index (χ3n) is 3.32. The van der Waals surface area contributed by atoms with Crippen molar-refractivity contribution >= 4 is 29.5 Å². The summed E-state index contributed by atoms with van der Waals surface area (Å²) in [6, 6.07) is 13.2. The Morgan fingerprint density at radius 3 is 2.36 bits per heavy atom. The first-order valence-corrected chi connectivity index (χ1v) is 7.67. The number of carbonyl (C=O) groups excluding carboxylic acids is 3. The van der Waals surface area contributed by atoms with Crippen molar-refractivity contribution in [1.82, 2.24) is 0 Å². The molecular formula is C19H18N2O4. The van der Waals surface area contributed by atoms with Gasteiger partial charge in [-0.25, -0.2) is 4.79 Å². The van der Waals surface area contributed by atoms with Gasteiger partial charge in [0, 0.05) is 6.08 Å². The molecule has 6 heteroatoms. The first kappa shape index (κ1) is 17.9. The molecule has 2 aromatic carbocycles. The van der Waals surface area contributed by atoms with Crippen LogP contribution in [0.25, 0.3) is 6.08 Å². The molecule has 2 aromatic rings. The lowest BCUT2D eigenvalue weighted by atomic mass is 10.1. The predicted octanol–water partition coefficient (Wildman–Crippen LogP) is 2.61. The second-order valence-corrected chi connectivity index (χ2v) is 5.04. The maximum absolute atomic E-state index is 12.1. The van der Waals surface area contributed by atoms with E-state index in [0.717, 1.165) is 0 Å². The minimum Gasteiger partial charge on any atom is -0.462 e. The Morgan fingerprint density at radius 1 is 1.04 bits per heavy atom. The van der Waals surface area contributed by atoms with Crippen molar-refractivity contribution in [2.24, 2.45) is 5.73 Å². The van der Waals surface area contributed by atoms with Crippen LogP contribution in [0.15, 0.2) is 54.6 Å². The number of ether oxygens (including phenoxy) is 1. The number of anilines is 1. The van der Waals surface area contributed by atoms with Gasteiger partial charge in [-0.1, -0.05) is 30.3 Å². The average Bonchev–Trinajstić information content (AvgIpc) is 2.60. The summed E-state index contributed by atoms with van der Waals surface area (Å²) in [6.07, 6.45) is 2.78. The molecule has 0 aliphatic carbocycles. The molecule has 0 fully saturated rings. The Hall–Kier alpha value is -3.41. The van der Waals surface area contributed by atoms with Gasteiger partial charge in [0.05, 0.1) is 23.4 Å². The van der Waals surface area contributed by atoms with Crippen LogP contribution >= 0.6 is 0 Å². The number of hydrogen-bond acceptors (Lipinski definition) is 4. The van der Waals surface area contributed by atoms with Gasteiger partial charge in [-0.3, -0.25) is 9.59 Å². The molecule has 128 valence electrons. The fourth-order valence-electron chi connectivity index (χ4n) is 2.18. The van der Waals surface area contributed by atoms with E-state index < -0.39 is 17.8 Å². The summed E-state index contributed by atoms with van der Waals surface area (Å²) < 4.78 is 4.99. The topological polar surface area (TPSA) is 98.5 Å². The number of carbonyl (C=O) groups is 3. The summed E-state index contributed by atoms with van der Waals surface area (Å²) in [5.74, 6) is -1.54. The van der Waals surface area contributed by atoms with Crippen LogP contribution in [-0.4, -0.2) is 24.4 Å². The van der Waals surface area contributed by atoms with Crippen molar-refractivity contribution in [3.63, 3.8) is 0 Å². The van der Waals surface area contributed by atoms with Crippen LogP contribution < -0.4 is 11.1 Å². The first-order valence-electron chi connectivity index (χ1n) is 7.67. The SMILES string of the molecule is CCOC(=O)c1ccccc1/C=C/C(=O)Nc1ccccc1C(N)=O. The van der Waals surface area contributed by atoms with E-state index in [2.05, 4.69) is 5.32 Å². The van der Waals surface area contributed by atoms with Crippen molar-refractivity contribution in [3.8, 4) is 0 Å². The molecule has 0 spiro atoms. The Labute approximate surface area is 145 Å². The Bertz CT molecular complexity index is 828. The maximum atomic E-state index is 12.1. The molecule has 0 saturated carbocycles. The number of nitrogens with two attached hydrogens (primary N) is 1. The second-order valence-electron chi connectivity index (χ2n) is 5.04. The Balaban J connectivity index is 2.17. The molecule has 0 heterocycles. The van der Waals surface area contributed by atoms with Gasteiger partial charge < -0.3 is 15.8 Å². The van der Waals surface area contributed by atoms with Crippen molar-refractivity contribution in [3.05, 3.63) is 71.3 Å². The molecule has 2 amide bonds. The van der Waals surface area contributed by atoms with Crippen LogP contribution in [0.5, 0.6) is 0 Å². The molecule has 3 N–H and O–H groups in total. The molecule has 25 heavy (non-hydrogen) atoms. The van der Waals surface area contributed by atoms with Crippen LogP contribution in [0.2, 0.25) is 0 Å². The average molecular weight is 338 g/mol. The van der Waals surface area contributed by atoms with Crippen LogP contribution in [-0.2, 0) is 9.53 Å². The Kier molecular flexibility index (Phi) is 6.06. The van der Waals surface area contributed by atoms with E-state index in [1.165, 1.54) is 18.2 Å². The molecule has 0 aromatic heterocycles. The number of rotatable bonds is 6. The lowest BCUT2D eigenvalue weighted by molar-refractivity contribution is -0.111. The normalized spacial score (nSPS) is 10.4. The van der Waals surface area contributed by atoms with Gasteiger partial charge in [-0.05, 0) is 36.8 Å². The Morgan fingerprint density at radius 2 is 1.68 bits per heavy atom. The molecule has 2 rings (SSSR count).